The van der Waals surface area contributed by atoms with Gasteiger partial charge in [0, 0.05) is 32.3 Å². The first-order valence-corrected chi connectivity index (χ1v) is 8.41. The van der Waals surface area contributed by atoms with Gasteiger partial charge in [0.05, 0.1) is 11.9 Å². The molecule has 1 aromatic rings. The summed E-state index contributed by atoms with van der Waals surface area (Å²) in [6.45, 7) is 3.49. The Balaban J connectivity index is 1.90. The molecule has 2 fully saturated rings. The van der Waals surface area contributed by atoms with Crippen LogP contribution in [0, 0.1) is 11.3 Å². The van der Waals surface area contributed by atoms with E-state index in [0.717, 1.165) is 12.8 Å². The maximum absolute atomic E-state index is 12.7. The minimum Gasteiger partial charge on any atom is -0.465 e. The number of anilines is 1. The Morgan fingerprint density at radius 3 is 2.84 bits per heavy atom. The van der Waals surface area contributed by atoms with Crippen molar-refractivity contribution >= 4 is 11.8 Å². The van der Waals surface area contributed by atoms with Gasteiger partial charge in [0.2, 0.25) is 0 Å². The third-order valence-corrected chi connectivity index (χ3v) is 4.73. The lowest BCUT2D eigenvalue weighted by Crippen LogP contribution is -2.54. The van der Waals surface area contributed by atoms with Crippen molar-refractivity contribution in [1.82, 2.24) is 14.7 Å². The van der Waals surface area contributed by atoms with Crippen LogP contribution in [-0.4, -0.2) is 58.2 Å². The SMILES string of the molecule is C[C@@H]1CN(C(=O)O)CCN1c1cnn(C2CCCCO2)c(=O)c1C#N. The number of rotatable bonds is 2. The van der Waals surface area contributed by atoms with Crippen LogP contribution in [0.15, 0.2) is 11.0 Å². The van der Waals surface area contributed by atoms with Gasteiger partial charge < -0.3 is 19.6 Å². The van der Waals surface area contributed by atoms with Gasteiger partial charge in [0.25, 0.3) is 5.56 Å². The smallest absolute Gasteiger partial charge is 0.407 e. The van der Waals surface area contributed by atoms with Crippen molar-refractivity contribution in [2.45, 2.75) is 38.5 Å². The highest BCUT2D eigenvalue weighted by Gasteiger charge is 2.30. The predicted molar refractivity (Wildman–Crippen MR) is 88.5 cm³/mol. The number of ether oxygens (including phenoxy) is 1. The number of carbonyl (C=O) groups is 1. The largest absolute Gasteiger partial charge is 0.465 e. The number of nitrogens with zero attached hydrogens (tertiary/aromatic N) is 5. The molecule has 25 heavy (non-hydrogen) atoms. The number of amides is 1. The molecular weight excluding hydrogens is 326 g/mol. The Morgan fingerprint density at radius 2 is 2.24 bits per heavy atom. The Labute approximate surface area is 145 Å². The van der Waals surface area contributed by atoms with Crippen LogP contribution in [-0.2, 0) is 4.74 Å². The molecule has 2 aliphatic heterocycles. The maximum Gasteiger partial charge on any atom is 0.407 e. The molecule has 3 heterocycles. The molecule has 0 radical (unpaired) electrons. The topological polar surface area (TPSA) is 112 Å². The Hall–Kier alpha value is -2.60. The van der Waals surface area contributed by atoms with E-state index in [4.69, 9.17) is 9.84 Å². The van der Waals surface area contributed by atoms with Crippen LogP contribution in [0.3, 0.4) is 0 Å². The van der Waals surface area contributed by atoms with Crippen molar-refractivity contribution in [3.8, 4) is 6.07 Å². The first-order valence-electron chi connectivity index (χ1n) is 8.41. The summed E-state index contributed by atoms with van der Waals surface area (Å²) < 4.78 is 6.85. The summed E-state index contributed by atoms with van der Waals surface area (Å²) in [4.78, 5) is 27.0. The van der Waals surface area contributed by atoms with Crippen molar-refractivity contribution in [2.24, 2.45) is 0 Å². The monoisotopic (exact) mass is 347 g/mol. The van der Waals surface area contributed by atoms with Crippen LogP contribution in [0.25, 0.3) is 0 Å². The third kappa shape index (κ3) is 3.30. The van der Waals surface area contributed by atoms with E-state index >= 15 is 0 Å². The Bertz CT molecular complexity index is 750. The van der Waals surface area contributed by atoms with Crippen molar-refractivity contribution < 1.29 is 14.6 Å². The van der Waals surface area contributed by atoms with E-state index in [2.05, 4.69) is 5.10 Å². The fourth-order valence-corrected chi connectivity index (χ4v) is 3.39. The molecule has 2 aliphatic rings. The minimum atomic E-state index is -0.963. The van der Waals surface area contributed by atoms with Crippen molar-refractivity contribution in [1.29, 1.82) is 5.26 Å². The van der Waals surface area contributed by atoms with Crippen molar-refractivity contribution in [3.05, 3.63) is 22.1 Å². The van der Waals surface area contributed by atoms with Gasteiger partial charge >= 0.3 is 6.09 Å². The highest BCUT2D eigenvalue weighted by molar-refractivity contribution is 5.66. The van der Waals surface area contributed by atoms with Gasteiger partial charge in [-0.25, -0.2) is 4.79 Å². The zero-order valence-electron chi connectivity index (χ0n) is 14.1. The summed E-state index contributed by atoms with van der Waals surface area (Å²) >= 11 is 0. The second-order valence-corrected chi connectivity index (χ2v) is 6.36. The number of hydrogen-bond acceptors (Lipinski definition) is 6. The molecule has 134 valence electrons. The summed E-state index contributed by atoms with van der Waals surface area (Å²) in [6.07, 6.45) is 2.74. The molecule has 9 nitrogen and oxygen atoms in total. The van der Waals surface area contributed by atoms with Crippen LogP contribution in [0.2, 0.25) is 0 Å². The quantitative estimate of drug-likeness (QED) is 0.849. The molecule has 0 aromatic carbocycles. The molecule has 1 aromatic heterocycles. The molecule has 1 unspecified atom stereocenters. The Morgan fingerprint density at radius 1 is 1.44 bits per heavy atom. The summed E-state index contributed by atoms with van der Waals surface area (Å²) in [5.41, 5.74) is 0.0247. The van der Waals surface area contributed by atoms with Crippen LogP contribution < -0.4 is 10.5 Å². The number of nitriles is 1. The molecule has 2 saturated heterocycles. The summed E-state index contributed by atoms with van der Waals surface area (Å²) in [6, 6.07) is 1.84. The Kier molecular flexibility index (Phi) is 4.90. The van der Waals surface area contributed by atoms with Gasteiger partial charge in [-0.15, -0.1) is 0 Å². The molecule has 1 N–H and O–H groups in total. The van der Waals surface area contributed by atoms with Gasteiger partial charge in [0.15, 0.2) is 6.23 Å². The van der Waals surface area contributed by atoms with Crippen LogP contribution in [0.1, 0.15) is 38.0 Å². The van der Waals surface area contributed by atoms with E-state index in [1.165, 1.54) is 15.8 Å². The van der Waals surface area contributed by atoms with E-state index in [0.29, 0.717) is 38.3 Å². The van der Waals surface area contributed by atoms with Crippen LogP contribution in [0.4, 0.5) is 10.5 Å². The lowest BCUT2D eigenvalue weighted by molar-refractivity contribution is -0.0425. The van der Waals surface area contributed by atoms with Crippen molar-refractivity contribution in [2.75, 3.05) is 31.1 Å². The van der Waals surface area contributed by atoms with E-state index < -0.39 is 17.9 Å². The van der Waals surface area contributed by atoms with E-state index in [1.54, 1.807) is 0 Å². The average molecular weight is 347 g/mol. The molecule has 0 spiro atoms. The molecule has 0 aliphatic carbocycles. The van der Waals surface area contributed by atoms with Crippen molar-refractivity contribution in [3.63, 3.8) is 0 Å². The molecule has 3 rings (SSSR count). The highest BCUT2D eigenvalue weighted by Crippen LogP contribution is 2.24. The van der Waals surface area contributed by atoms with Gasteiger partial charge in [-0.1, -0.05) is 0 Å². The zero-order chi connectivity index (χ0) is 18.0. The number of hydrogen-bond donors (Lipinski definition) is 1. The van der Waals surface area contributed by atoms with Gasteiger partial charge in [-0.3, -0.25) is 4.79 Å². The molecule has 9 heteroatoms. The molecule has 0 saturated carbocycles. The van der Waals surface area contributed by atoms with Gasteiger partial charge in [-0.05, 0) is 26.2 Å². The van der Waals surface area contributed by atoms with E-state index in [1.807, 2.05) is 17.9 Å². The lowest BCUT2D eigenvalue weighted by Gasteiger charge is -2.40. The molecule has 2 atom stereocenters. The van der Waals surface area contributed by atoms with E-state index in [-0.39, 0.29) is 11.6 Å². The van der Waals surface area contributed by atoms with E-state index in [9.17, 15) is 14.9 Å². The summed E-state index contributed by atoms with van der Waals surface area (Å²) in [5.74, 6) is 0. The maximum atomic E-state index is 12.7. The lowest BCUT2D eigenvalue weighted by atomic mass is 10.1. The predicted octanol–water partition coefficient (Wildman–Crippen LogP) is 1.00. The minimum absolute atomic E-state index is 0.0276. The fourth-order valence-electron chi connectivity index (χ4n) is 3.39. The summed E-state index contributed by atoms with van der Waals surface area (Å²) in [5, 5.41) is 22.9. The zero-order valence-corrected chi connectivity index (χ0v) is 14.1. The van der Waals surface area contributed by atoms with Crippen LogP contribution in [0.5, 0.6) is 0 Å². The average Bonchev–Trinajstić information content (AvgIpc) is 2.62. The normalized spacial score (nSPS) is 24.0. The first-order chi connectivity index (χ1) is 12.0. The standard InChI is InChI=1S/C16H21N5O4/c1-11-10-19(16(23)24)5-6-20(11)13-9-18-21(15(22)12(13)8-17)14-4-2-3-7-25-14/h9,11,14H,2-7,10H2,1H3,(H,23,24)/t11-,14?/m1/s1. The van der Waals surface area contributed by atoms with Gasteiger partial charge in [-0.2, -0.15) is 15.0 Å². The first kappa shape index (κ1) is 17.2. The van der Waals surface area contributed by atoms with Crippen LogP contribution >= 0.6 is 0 Å². The second-order valence-electron chi connectivity index (χ2n) is 6.36. The number of carboxylic acid groups (broad SMARTS) is 1. The number of piperazine rings is 1. The highest BCUT2D eigenvalue weighted by atomic mass is 16.5. The number of aromatic nitrogens is 2. The second kappa shape index (κ2) is 7.11. The fraction of sp³-hybridized carbons (Fsp3) is 0.625. The molecule has 1 amide bonds. The summed E-state index contributed by atoms with van der Waals surface area (Å²) in [7, 11) is 0. The molecular formula is C16H21N5O4. The van der Waals surface area contributed by atoms with Gasteiger partial charge in [0.1, 0.15) is 11.6 Å². The third-order valence-electron chi connectivity index (χ3n) is 4.73. The molecule has 0 bridgehead atoms.